The largest absolute Gasteiger partial charge is 0.383 e. The molecule has 0 atom stereocenters. The van der Waals surface area contributed by atoms with E-state index >= 15 is 0 Å². The van der Waals surface area contributed by atoms with Crippen LogP contribution in [0, 0.1) is 0 Å². The van der Waals surface area contributed by atoms with Crippen LogP contribution in [0.1, 0.15) is 5.56 Å². The fourth-order valence-corrected chi connectivity index (χ4v) is 4.18. The van der Waals surface area contributed by atoms with Crippen molar-refractivity contribution in [2.45, 2.75) is 5.75 Å². The van der Waals surface area contributed by atoms with E-state index in [0.29, 0.717) is 11.3 Å². The average Bonchev–Trinajstić information content (AvgIpc) is 2.70. The summed E-state index contributed by atoms with van der Waals surface area (Å²) in [5, 5.41) is 5.08. The second kappa shape index (κ2) is 9.71. The summed E-state index contributed by atoms with van der Waals surface area (Å²) in [5.74, 6) is -0.257. The number of para-hydroxylation sites is 2. The number of hydrogen-bond acceptors (Lipinski definition) is 7. The molecule has 0 bridgehead atoms. The third-order valence-electron chi connectivity index (χ3n) is 3.90. The summed E-state index contributed by atoms with van der Waals surface area (Å²) in [5.41, 5.74) is 1.08. The second-order valence-corrected chi connectivity index (χ2v) is 9.80. The van der Waals surface area contributed by atoms with Crippen molar-refractivity contribution in [2.24, 2.45) is 0 Å². The van der Waals surface area contributed by atoms with Gasteiger partial charge in [0.25, 0.3) is 0 Å². The summed E-state index contributed by atoms with van der Waals surface area (Å²) in [7, 11) is -7.62. The molecular weight excluding hydrogens is 456 g/mol. The summed E-state index contributed by atoms with van der Waals surface area (Å²) in [6.07, 6.45) is 0.923. The van der Waals surface area contributed by atoms with Gasteiger partial charge in [-0.25, -0.2) is 4.79 Å². The van der Waals surface area contributed by atoms with E-state index in [4.69, 9.17) is 8.37 Å². The molecule has 3 aromatic carbocycles. The van der Waals surface area contributed by atoms with Crippen molar-refractivity contribution in [3.8, 4) is 11.5 Å². The lowest BCUT2D eigenvalue weighted by molar-refractivity contribution is 0.262. The van der Waals surface area contributed by atoms with E-state index in [1.807, 2.05) is 0 Å². The van der Waals surface area contributed by atoms with Gasteiger partial charge in [0.05, 0.1) is 11.9 Å². The van der Waals surface area contributed by atoms with Crippen LogP contribution in [0.5, 0.6) is 11.5 Å². The summed E-state index contributed by atoms with van der Waals surface area (Å²) >= 11 is 0. The SMILES string of the molecule is CS(=O)(=O)Oc1ccc(NC(=O)Nc2ccccc2OS(=O)(=O)Cc2ccccc2)cc1. The highest BCUT2D eigenvalue weighted by Crippen LogP contribution is 2.26. The van der Waals surface area contributed by atoms with Gasteiger partial charge in [0, 0.05) is 5.69 Å². The lowest BCUT2D eigenvalue weighted by atomic mass is 10.2. The maximum absolute atomic E-state index is 12.4. The average molecular weight is 477 g/mol. The summed E-state index contributed by atoms with van der Waals surface area (Å²) in [6.45, 7) is 0. The molecule has 3 rings (SSSR count). The molecule has 0 radical (unpaired) electrons. The van der Waals surface area contributed by atoms with Gasteiger partial charge in [-0.05, 0) is 42.0 Å². The van der Waals surface area contributed by atoms with E-state index in [9.17, 15) is 21.6 Å². The van der Waals surface area contributed by atoms with Crippen molar-refractivity contribution in [1.82, 2.24) is 0 Å². The number of hydrogen-bond donors (Lipinski definition) is 2. The monoisotopic (exact) mass is 476 g/mol. The number of rotatable bonds is 8. The topological polar surface area (TPSA) is 128 Å². The van der Waals surface area contributed by atoms with Gasteiger partial charge in [-0.1, -0.05) is 42.5 Å². The Kier molecular flexibility index (Phi) is 7.01. The van der Waals surface area contributed by atoms with Crippen LogP contribution in [0.2, 0.25) is 0 Å². The molecule has 2 N–H and O–H groups in total. The molecule has 0 aliphatic rings. The minimum atomic E-state index is -3.96. The van der Waals surface area contributed by atoms with Crippen LogP contribution < -0.4 is 19.0 Å². The normalized spacial score (nSPS) is 11.4. The molecule has 0 aliphatic carbocycles. The first kappa shape index (κ1) is 23.1. The Balaban J connectivity index is 1.66. The highest BCUT2D eigenvalue weighted by molar-refractivity contribution is 7.86. The van der Waals surface area contributed by atoms with Gasteiger partial charge in [0.15, 0.2) is 5.75 Å². The smallest absolute Gasteiger partial charge is 0.323 e. The van der Waals surface area contributed by atoms with E-state index in [-0.39, 0.29) is 22.9 Å². The van der Waals surface area contributed by atoms with E-state index in [0.717, 1.165) is 6.26 Å². The number of urea groups is 1. The third-order valence-corrected chi connectivity index (χ3v) is 5.51. The number of nitrogens with one attached hydrogen (secondary N) is 2. The standard InChI is InChI=1S/C21H20N2O7S2/c1-31(25,26)29-18-13-11-17(12-14-18)22-21(24)23-19-9-5-6-10-20(19)30-32(27,28)15-16-7-3-2-4-8-16/h2-14H,15H2,1H3,(H2,22,23,24). The number of amides is 2. The Morgan fingerprint density at radius 3 is 2.06 bits per heavy atom. The van der Waals surface area contributed by atoms with E-state index in [2.05, 4.69) is 10.6 Å². The molecule has 0 fully saturated rings. The zero-order valence-corrected chi connectivity index (χ0v) is 18.5. The molecule has 11 heteroatoms. The Bertz CT molecular complexity index is 1290. The third kappa shape index (κ3) is 7.29. The molecule has 3 aromatic rings. The zero-order valence-electron chi connectivity index (χ0n) is 16.9. The van der Waals surface area contributed by atoms with Crippen molar-refractivity contribution in [3.05, 3.63) is 84.4 Å². The fraction of sp³-hybridized carbons (Fsp3) is 0.0952. The van der Waals surface area contributed by atoms with Gasteiger partial charge in [0.2, 0.25) is 0 Å². The van der Waals surface area contributed by atoms with E-state index in [1.165, 1.54) is 36.4 Å². The Morgan fingerprint density at radius 2 is 1.41 bits per heavy atom. The van der Waals surface area contributed by atoms with Crippen LogP contribution >= 0.6 is 0 Å². The molecule has 0 aromatic heterocycles. The van der Waals surface area contributed by atoms with Crippen LogP contribution in [-0.4, -0.2) is 29.1 Å². The van der Waals surface area contributed by atoms with Gasteiger partial charge in [-0.2, -0.15) is 16.8 Å². The summed E-state index contributed by atoms with van der Waals surface area (Å²) < 4.78 is 57.1. The van der Waals surface area contributed by atoms with Crippen molar-refractivity contribution in [1.29, 1.82) is 0 Å². The molecule has 9 nitrogen and oxygen atoms in total. The minimum absolute atomic E-state index is 0.0320. The summed E-state index contributed by atoms with van der Waals surface area (Å²) in [6, 6.07) is 19.7. The summed E-state index contributed by atoms with van der Waals surface area (Å²) in [4.78, 5) is 12.4. The van der Waals surface area contributed by atoms with E-state index in [1.54, 1.807) is 42.5 Å². The zero-order chi connectivity index (χ0) is 23.2. The maximum atomic E-state index is 12.4. The first-order chi connectivity index (χ1) is 15.1. The molecule has 0 unspecified atom stereocenters. The molecule has 0 saturated carbocycles. The van der Waals surface area contributed by atoms with Crippen molar-refractivity contribution >= 4 is 37.6 Å². The number of anilines is 2. The number of carbonyl (C=O) groups excluding carboxylic acids is 1. The van der Waals surface area contributed by atoms with Gasteiger partial charge in [0.1, 0.15) is 11.5 Å². The Morgan fingerprint density at radius 1 is 0.781 bits per heavy atom. The Labute approximate surface area is 186 Å². The van der Waals surface area contributed by atoms with Gasteiger partial charge in [-0.3, -0.25) is 0 Å². The van der Waals surface area contributed by atoms with Crippen LogP contribution in [0.25, 0.3) is 0 Å². The quantitative estimate of drug-likeness (QED) is 0.476. The predicted octanol–water partition coefficient (Wildman–Crippen LogP) is 3.58. The highest BCUT2D eigenvalue weighted by atomic mass is 32.2. The first-order valence-electron chi connectivity index (χ1n) is 9.22. The van der Waals surface area contributed by atoms with Crippen molar-refractivity contribution in [2.75, 3.05) is 16.9 Å². The number of benzene rings is 3. The lowest BCUT2D eigenvalue weighted by Gasteiger charge is -2.13. The molecule has 0 saturated heterocycles. The van der Waals surface area contributed by atoms with Gasteiger partial charge in [-0.15, -0.1) is 0 Å². The fourth-order valence-electron chi connectivity index (χ4n) is 2.64. The first-order valence-corrected chi connectivity index (χ1v) is 12.6. The van der Waals surface area contributed by atoms with Gasteiger partial charge >= 0.3 is 26.3 Å². The highest BCUT2D eigenvalue weighted by Gasteiger charge is 2.17. The molecule has 0 aliphatic heterocycles. The van der Waals surface area contributed by atoms with Crippen molar-refractivity contribution < 1.29 is 30.0 Å². The maximum Gasteiger partial charge on any atom is 0.323 e. The molecule has 32 heavy (non-hydrogen) atoms. The lowest BCUT2D eigenvalue weighted by Crippen LogP contribution is -2.20. The Hall–Kier alpha value is -3.57. The van der Waals surface area contributed by atoms with Crippen LogP contribution in [0.4, 0.5) is 16.2 Å². The van der Waals surface area contributed by atoms with Gasteiger partial charge < -0.3 is 19.0 Å². The number of carbonyl (C=O) groups is 1. The van der Waals surface area contributed by atoms with E-state index < -0.39 is 26.3 Å². The van der Waals surface area contributed by atoms with Crippen LogP contribution in [-0.2, 0) is 26.0 Å². The van der Waals surface area contributed by atoms with Crippen molar-refractivity contribution in [3.63, 3.8) is 0 Å². The molecule has 0 spiro atoms. The molecule has 2 amide bonds. The second-order valence-electron chi connectivity index (χ2n) is 6.66. The van der Waals surface area contributed by atoms with Crippen LogP contribution in [0.3, 0.4) is 0 Å². The molecule has 168 valence electrons. The molecular formula is C21H20N2O7S2. The molecule has 0 heterocycles. The van der Waals surface area contributed by atoms with Crippen LogP contribution in [0.15, 0.2) is 78.9 Å². The predicted molar refractivity (Wildman–Crippen MR) is 121 cm³/mol. The minimum Gasteiger partial charge on any atom is -0.383 e.